The minimum atomic E-state index is -0.107. The predicted octanol–water partition coefficient (Wildman–Crippen LogP) is 3.56. The molecule has 0 aliphatic carbocycles. The SMILES string of the molecule is CC(NC(=O)CNC(C)(C)C)c1ccc(Cl)c(Cl)c1. The van der Waals surface area contributed by atoms with Crippen LogP contribution in [0.25, 0.3) is 0 Å². The van der Waals surface area contributed by atoms with Crippen molar-refractivity contribution in [2.75, 3.05) is 6.54 Å². The van der Waals surface area contributed by atoms with Crippen molar-refractivity contribution in [3.05, 3.63) is 33.8 Å². The third-order valence-electron chi connectivity index (χ3n) is 2.60. The van der Waals surface area contributed by atoms with Crippen LogP contribution in [0.3, 0.4) is 0 Å². The standard InChI is InChI=1S/C14H20Cl2N2O/c1-9(10-5-6-11(15)12(16)7-10)18-13(19)8-17-14(2,3)4/h5-7,9,17H,8H2,1-4H3,(H,18,19). The van der Waals surface area contributed by atoms with Crippen LogP contribution in [0.5, 0.6) is 0 Å². The second-order valence-corrected chi connectivity index (χ2v) is 6.38. The Balaban J connectivity index is 2.56. The van der Waals surface area contributed by atoms with Crippen LogP contribution < -0.4 is 10.6 Å². The zero-order valence-corrected chi connectivity index (χ0v) is 13.2. The van der Waals surface area contributed by atoms with Crippen LogP contribution in [0, 0.1) is 0 Å². The summed E-state index contributed by atoms with van der Waals surface area (Å²) >= 11 is 11.8. The Bertz CT molecular complexity index is 455. The van der Waals surface area contributed by atoms with Gasteiger partial charge in [0.2, 0.25) is 5.91 Å². The summed E-state index contributed by atoms with van der Waals surface area (Å²) in [5.74, 6) is -0.0477. The molecule has 0 saturated heterocycles. The van der Waals surface area contributed by atoms with E-state index in [4.69, 9.17) is 23.2 Å². The Kier molecular flexibility index (Phi) is 5.65. The van der Waals surface area contributed by atoms with E-state index in [9.17, 15) is 4.79 Å². The second kappa shape index (κ2) is 6.60. The average molecular weight is 303 g/mol. The number of nitrogens with one attached hydrogen (secondary N) is 2. The lowest BCUT2D eigenvalue weighted by atomic mass is 10.1. The predicted molar refractivity (Wildman–Crippen MR) is 80.8 cm³/mol. The highest BCUT2D eigenvalue weighted by Crippen LogP contribution is 2.25. The van der Waals surface area contributed by atoms with Crippen molar-refractivity contribution in [1.82, 2.24) is 10.6 Å². The van der Waals surface area contributed by atoms with E-state index in [0.717, 1.165) is 5.56 Å². The zero-order chi connectivity index (χ0) is 14.6. The van der Waals surface area contributed by atoms with Gasteiger partial charge in [-0.2, -0.15) is 0 Å². The van der Waals surface area contributed by atoms with Crippen molar-refractivity contribution >= 4 is 29.1 Å². The molecule has 3 nitrogen and oxygen atoms in total. The van der Waals surface area contributed by atoms with Crippen molar-refractivity contribution in [3.63, 3.8) is 0 Å². The van der Waals surface area contributed by atoms with Gasteiger partial charge in [-0.3, -0.25) is 4.79 Å². The molecule has 0 fully saturated rings. The second-order valence-electron chi connectivity index (χ2n) is 5.57. The maximum absolute atomic E-state index is 11.8. The van der Waals surface area contributed by atoms with E-state index in [1.54, 1.807) is 12.1 Å². The van der Waals surface area contributed by atoms with E-state index < -0.39 is 0 Å². The Morgan fingerprint density at radius 2 is 1.89 bits per heavy atom. The number of carbonyl (C=O) groups is 1. The first-order valence-corrected chi connectivity index (χ1v) is 6.94. The van der Waals surface area contributed by atoms with Gasteiger partial charge in [-0.05, 0) is 45.4 Å². The molecule has 0 aromatic heterocycles. The summed E-state index contributed by atoms with van der Waals surface area (Å²) in [5.41, 5.74) is 0.850. The van der Waals surface area contributed by atoms with Gasteiger partial charge in [0.1, 0.15) is 0 Å². The van der Waals surface area contributed by atoms with E-state index in [2.05, 4.69) is 10.6 Å². The molecule has 1 rings (SSSR count). The molecule has 0 bridgehead atoms. The van der Waals surface area contributed by atoms with Gasteiger partial charge >= 0.3 is 0 Å². The third kappa shape index (κ3) is 5.81. The molecule has 2 N–H and O–H groups in total. The van der Waals surface area contributed by atoms with Crippen molar-refractivity contribution in [2.24, 2.45) is 0 Å². The minimum Gasteiger partial charge on any atom is -0.348 e. The van der Waals surface area contributed by atoms with E-state index in [-0.39, 0.29) is 24.0 Å². The van der Waals surface area contributed by atoms with Crippen molar-refractivity contribution < 1.29 is 4.79 Å². The zero-order valence-electron chi connectivity index (χ0n) is 11.7. The molecular weight excluding hydrogens is 283 g/mol. The fourth-order valence-electron chi connectivity index (χ4n) is 1.50. The summed E-state index contributed by atoms with van der Waals surface area (Å²) in [6, 6.07) is 5.25. The van der Waals surface area contributed by atoms with Crippen LogP contribution in [0.4, 0.5) is 0 Å². The van der Waals surface area contributed by atoms with Gasteiger partial charge in [0.05, 0.1) is 22.6 Å². The summed E-state index contributed by atoms with van der Waals surface area (Å²) in [5, 5.41) is 7.06. The van der Waals surface area contributed by atoms with Crippen LogP contribution in [0.15, 0.2) is 18.2 Å². The molecule has 1 atom stereocenters. The Morgan fingerprint density at radius 1 is 1.26 bits per heavy atom. The highest BCUT2D eigenvalue weighted by Gasteiger charge is 2.14. The van der Waals surface area contributed by atoms with Crippen LogP contribution in [-0.2, 0) is 4.79 Å². The summed E-state index contributed by atoms with van der Waals surface area (Å²) in [7, 11) is 0. The molecule has 1 aromatic rings. The topological polar surface area (TPSA) is 41.1 Å². The number of hydrogen-bond acceptors (Lipinski definition) is 2. The number of amides is 1. The van der Waals surface area contributed by atoms with Crippen molar-refractivity contribution in [1.29, 1.82) is 0 Å². The molecule has 0 saturated carbocycles. The summed E-state index contributed by atoms with van der Waals surface area (Å²) in [6.45, 7) is 8.25. The fourth-order valence-corrected chi connectivity index (χ4v) is 1.81. The number of benzene rings is 1. The van der Waals surface area contributed by atoms with E-state index in [1.165, 1.54) is 0 Å². The number of halogens is 2. The lowest BCUT2D eigenvalue weighted by molar-refractivity contribution is -0.121. The van der Waals surface area contributed by atoms with Crippen molar-refractivity contribution in [2.45, 2.75) is 39.3 Å². The average Bonchev–Trinajstić information content (AvgIpc) is 2.29. The monoisotopic (exact) mass is 302 g/mol. The quantitative estimate of drug-likeness (QED) is 0.893. The third-order valence-corrected chi connectivity index (χ3v) is 3.34. The van der Waals surface area contributed by atoms with Gasteiger partial charge in [0, 0.05) is 5.54 Å². The highest BCUT2D eigenvalue weighted by molar-refractivity contribution is 6.42. The minimum absolute atomic E-state index is 0.0477. The van der Waals surface area contributed by atoms with Gasteiger partial charge in [-0.25, -0.2) is 0 Å². The molecule has 0 heterocycles. The smallest absolute Gasteiger partial charge is 0.234 e. The van der Waals surface area contributed by atoms with Crippen LogP contribution in [0.1, 0.15) is 39.3 Å². The fraction of sp³-hybridized carbons (Fsp3) is 0.500. The molecule has 0 spiro atoms. The van der Waals surface area contributed by atoms with Crippen LogP contribution in [0.2, 0.25) is 10.0 Å². The number of carbonyl (C=O) groups excluding carboxylic acids is 1. The Morgan fingerprint density at radius 3 is 2.42 bits per heavy atom. The number of hydrogen-bond donors (Lipinski definition) is 2. The van der Waals surface area contributed by atoms with Crippen LogP contribution in [-0.4, -0.2) is 18.0 Å². The molecule has 19 heavy (non-hydrogen) atoms. The maximum Gasteiger partial charge on any atom is 0.234 e. The first kappa shape index (κ1) is 16.3. The summed E-state index contributed by atoms with van der Waals surface area (Å²) < 4.78 is 0. The van der Waals surface area contributed by atoms with Gasteiger partial charge in [-0.15, -0.1) is 0 Å². The lowest BCUT2D eigenvalue weighted by Gasteiger charge is -2.21. The number of rotatable bonds is 4. The van der Waals surface area contributed by atoms with Gasteiger partial charge in [0.15, 0.2) is 0 Å². The first-order chi connectivity index (χ1) is 8.69. The van der Waals surface area contributed by atoms with Crippen LogP contribution >= 0.6 is 23.2 Å². The van der Waals surface area contributed by atoms with Gasteiger partial charge in [-0.1, -0.05) is 29.3 Å². The molecule has 0 aliphatic heterocycles. The molecule has 0 radical (unpaired) electrons. The molecule has 5 heteroatoms. The molecular formula is C14H20Cl2N2O. The Hall–Kier alpha value is -0.770. The van der Waals surface area contributed by atoms with E-state index in [1.807, 2.05) is 33.8 Å². The van der Waals surface area contributed by atoms with Crippen molar-refractivity contribution in [3.8, 4) is 0 Å². The van der Waals surface area contributed by atoms with E-state index in [0.29, 0.717) is 10.0 Å². The molecule has 0 aliphatic rings. The Labute approximate surface area is 124 Å². The largest absolute Gasteiger partial charge is 0.348 e. The van der Waals surface area contributed by atoms with E-state index >= 15 is 0 Å². The normalized spacial score (nSPS) is 13.2. The first-order valence-electron chi connectivity index (χ1n) is 6.18. The molecule has 106 valence electrons. The summed E-state index contributed by atoms with van der Waals surface area (Å²) in [6.07, 6.45) is 0. The lowest BCUT2D eigenvalue weighted by Crippen LogP contribution is -2.43. The summed E-state index contributed by atoms with van der Waals surface area (Å²) in [4.78, 5) is 11.8. The maximum atomic E-state index is 11.8. The highest BCUT2D eigenvalue weighted by atomic mass is 35.5. The molecule has 1 amide bonds. The molecule has 1 aromatic carbocycles. The van der Waals surface area contributed by atoms with Gasteiger partial charge in [0.25, 0.3) is 0 Å². The molecule has 1 unspecified atom stereocenters. The van der Waals surface area contributed by atoms with Gasteiger partial charge < -0.3 is 10.6 Å².